The maximum atomic E-state index is 11.4. The number of anilines is 1. The molecule has 0 bridgehead atoms. The second-order valence-corrected chi connectivity index (χ2v) is 5.43. The topological polar surface area (TPSA) is 73.6 Å². The number of benzene rings is 1. The molecule has 0 spiro atoms. The first-order valence-corrected chi connectivity index (χ1v) is 7.23. The van der Waals surface area contributed by atoms with Gasteiger partial charge in [0.2, 0.25) is 0 Å². The third-order valence-corrected chi connectivity index (χ3v) is 3.92. The van der Waals surface area contributed by atoms with Crippen molar-refractivity contribution < 1.29 is 14.6 Å². The molecular weight excluding hydrogens is 292 g/mol. The Morgan fingerprint density at radius 2 is 2.33 bits per heavy atom. The molecule has 1 heterocycles. The van der Waals surface area contributed by atoms with E-state index in [0.717, 1.165) is 12.1 Å². The number of aliphatic carboxylic acids is 1. The van der Waals surface area contributed by atoms with Crippen LogP contribution >= 0.6 is 11.6 Å². The molecule has 2 rings (SSSR count). The van der Waals surface area contributed by atoms with E-state index in [-0.39, 0.29) is 12.6 Å². The van der Waals surface area contributed by atoms with E-state index in [0.29, 0.717) is 23.7 Å². The number of halogens is 1. The smallest absolute Gasteiger partial charge is 0.311 e. The Hall–Kier alpha value is -1.77. The molecule has 0 aromatic heterocycles. The van der Waals surface area contributed by atoms with Crippen LogP contribution < -0.4 is 4.90 Å². The Labute approximate surface area is 128 Å². The number of rotatable bonds is 5. The highest BCUT2D eigenvalue weighted by Crippen LogP contribution is 2.32. The zero-order valence-electron chi connectivity index (χ0n) is 11.8. The number of ether oxygens (including phenoxy) is 1. The van der Waals surface area contributed by atoms with E-state index in [4.69, 9.17) is 21.6 Å². The molecule has 1 saturated heterocycles. The average molecular weight is 309 g/mol. The van der Waals surface area contributed by atoms with Gasteiger partial charge in [0, 0.05) is 6.54 Å². The van der Waals surface area contributed by atoms with Gasteiger partial charge in [-0.15, -0.1) is 0 Å². The Kier molecular flexibility index (Phi) is 5.05. The molecular formula is C15H17ClN2O3. The summed E-state index contributed by atoms with van der Waals surface area (Å²) in [6, 6.07) is 6.86. The van der Waals surface area contributed by atoms with Crippen LogP contribution in [0.25, 0.3) is 0 Å². The van der Waals surface area contributed by atoms with Gasteiger partial charge < -0.3 is 14.7 Å². The number of nitrogens with zero attached hydrogens (tertiary/aromatic N) is 2. The van der Waals surface area contributed by atoms with Gasteiger partial charge in [-0.3, -0.25) is 4.79 Å². The van der Waals surface area contributed by atoms with E-state index in [1.165, 1.54) is 0 Å². The molecule has 0 saturated carbocycles. The van der Waals surface area contributed by atoms with Crippen molar-refractivity contribution in [3.8, 4) is 6.07 Å². The Morgan fingerprint density at radius 3 is 2.90 bits per heavy atom. The Balaban J connectivity index is 2.35. The van der Waals surface area contributed by atoms with Gasteiger partial charge >= 0.3 is 5.97 Å². The molecule has 1 aliphatic heterocycles. The summed E-state index contributed by atoms with van der Waals surface area (Å²) in [4.78, 5) is 13.3. The van der Waals surface area contributed by atoms with Crippen molar-refractivity contribution in [1.82, 2.24) is 0 Å². The molecule has 0 radical (unpaired) electrons. The van der Waals surface area contributed by atoms with Gasteiger partial charge in [0.15, 0.2) is 0 Å². The van der Waals surface area contributed by atoms with Crippen molar-refractivity contribution in [2.75, 3.05) is 24.7 Å². The van der Waals surface area contributed by atoms with Gasteiger partial charge in [0.1, 0.15) is 5.92 Å². The normalized spacial score (nSPS) is 21.0. The summed E-state index contributed by atoms with van der Waals surface area (Å²) >= 11 is 6.26. The molecule has 1 N–H and O–H groups in total. The molecule has 1 fully saturated rings. The first-order chi connectivity index (χ1) is 10.1. The highest BCUT2D eigenvalue weighted by atomic mass is 35.5. The van der Waals surface area contributed by atoms with Gasteiger partial charge in [0.05, 0.1) is 41.6 Å². The van der Waals surface area contributed by atoms with E-state index in [2.05, 4.69) is 0 Å². The van der Waals surface area contributed by atoms with Crippen LogP contribution in [0.2, 0.25) is 5.02 Å². The molecule has 2 atom stereocenters. The third kappa shape index (κ3) is 3.29. The molecule has 1 aliphatic rings. The highest BCUT2D eigenvalue weighted by molar-refractivity contribution is 6.33. The highest BCUT2D eigenvalue weighted by Gasteiger charge is 2.38. The van der Waals surface area contributed by atoms with Crippen LogP contribution in [-0.2, 0) is 9.53 Å². The summed E-state index contributed by atoms with van der Waals surface area (Å²) in [5, 5.41) is 18.7. The average Bonchev–Trinajstić information content (AvgIpc) is 2.94. The molecule has 5 nitrogen and oxygen atoms in total. The number of nitriles is 1. The first-order valence-electron chi connectivity index (χ1n) is 6.85. The fourth-order valence-corrected chi connectivity index (χ4v) is 2.89. The quantitative estimate of drug-likeness (QED) is 0.905. The molecule has 0 aliphatic carbocycles. The van der Waals surface area contributed by atoms with E-state index in [1.54, 1.807) is 18.2 Å². The summed E-state index contributed by atoms with van der Waals surface area (Å²) < 4.78 is 5.35. The second-order valence-electron chi connectivity index (χ2n) is 5.02. The van der Waals surface area contributed by atoms with Gasteiger partial charge in [-0.2, -0.15) is 5.26 Å². The summed E-state index contributed by atoms with van der Waals surface area (Å²) in [5.74, 6) is -1.42. The molecule has 1 aromatic carbocycles. The summed E-state index contributed by atoms with van der Waals surface area (Å²) in [7, 11) is 0. The molecule has 21 heavy (non-hydrogen) atoms. The summed E-state index contributed by atoms with van der Waals surface area (Å²) in [6.07, 6.45) is 0.860. The van der Waals surface area contributed by atoms with E-state index in [9.17, 15) is 9.90 Å². The van der Waals surface area contributed by atoms with Gasteiger partial charge in [-0.25, -0.2) is 0 Å². The molecule has 2 unspecified atom stereocenters. The molecule has 1 aromatic rings. The largest absolute Gasteiger partial charge is 0.481 e. The van der Waals surface area contributed by atoms with Crippen molar-refractivity contribution in [3.05, 3.63) is 28.8 Å². The van der Waals surface area contributed by atoms with E-state index >= 15 is 0 Å². The SMILES string of the molecule is CCCN(c1ccc(C#N)cc1Cl)C1COCC1C(=O)O. The van der Waals surface area contributed by atoms with Crippen molar-refractivity contribution in [1.29, 1.82) is 5.26 Å². The van der Waals surface area contributed by atoms with Gasteiger partial charge in [-0.05, 0) is 24.6 Å². The van der Waals surface area contributed by atoms with Crippen LogP contribution in [0.3, 0.4) is 0 Å². The lowest BCUT2D eigenvalue weighted by Gasteiger charge is -2.33. The monoisotopic (exact) mass is 308 g/mol. The molecule has 0 amide bonds. The molecule has 6 heteroatoms. The summed E-state index contributed by atoms with van der Waals surface area (Å²) in [6.45, 7) is 3.29. The number of hydrogen-bond acceptors (Lipinski definition) is 4. The Bertz CT molecular complexity index is 571. The lowest BCUT2D eigenvalue weighted by atomic mass is 10.0. The van der Waals surface area contributed by atoms with Crippen LogP contribution in [-0.4, -0.2) is 36.9 Å². The molecule has 112 valence electrons. The minimum atomic E-state index is -0.858. The second kappa shape index (κ2) is 6.79. The van der Waals surface area contributed by atoms with Crippen LogP contribution in [0, 0.1) is 17.2 Å². The minimum absolute atomic E-state index is 0.216. The van der Waals surface area contributed by atoms with Crippen molar-refractivity contribution in [3.63, 3.8) is 0 Å². The maximum Gasteiger partial charge on any atom is 0.311 e. The maximum absolute atomic E-state index is 11.4. The first kappa shape index (κ1) is 15.6. The van der Waals surface area contributed by atoms with E-state index in [1.807, 2.05) is 17.9 Å². The van der Waals surface area contributed by atoms with Crippen molar-refractivity contribution in [2.24, 2.45) is 5.92 Å². The number of carboxylic acid groups (broad SMARTS) is 1. The predicted octanol–water partition coefficient (Wildman–Crippen LogP) is 2.53. The standard InChI is InChI=1S/C15H17ClN2O3/c1-2-5-18(14-9-21-8-11(14)15(19)20)13-4-3-10(7-17)6-12(13)16/h3-4,6,11,14H,2,5,8-9H2,1H3,(H,19,20). The van der Waals surface area contributed by atoms with Crippen LogP contribution in [0.5, 0.6) is 0 Å². The van der Waals surface area contributed by atoms with Crippen LogP contribution in [0.15, 0.2) is 18.2 Å². The van der Waals surface area contributed by atoms with E-state index < -0.39 is 11.9 Å². The zero-order valence-corrected chi connectivity index (χ0v) is 12.5. The zero-order chi connectivity index (χ0) is 15.4. The number of carbonyl (C=O) groups is 1. The van der Waals surface area contributed by atoms with Gasteiger partial charge in [0.25, 0.3) is 0 Å². The lowest BCUT2D eigenvalue weighted by Crippen LogP contribution is -2.44. The fourth-order valence-electron chi connectivity index (χ4n) is 2.60. The fraction of sp³-hybridized carbons (Fsp3) is 0.467. The van der Waals surface area contributed by atoms with Crippen LogP contribution in [0.1, 0.15) is 18.9 Å². The third-order valence-electron chi connectivity index (χ3n) is 3.62. The summed E-state index contributed by atoms with van der Waals surface area (Å²) in [5.41, 5.74) is 1.23. The number of carboxylic acids is 1. The van der Waals surface area contributed by atoms with Crippen molar-refractivity contribution >= 4 is 23.3 Å². The Morgan fingerprint density at radius 1 is 1.57 bits per heavy atom. The van der Waals surface area contributed by atoms with Gasteiger partial charge in [-0.1, -0.05) is 18.5 Å². The number of hydrogen-bond donors (Lipinski definition) is 1. The minimum Gasteiger partial charge on any atom is -0.481 e. The van der Waals surface area contributed by atoms with Crippen LogP contribution in [0.4, 0.5) is 5.69 Å². The lowest BCUT2D eigenvalue weighted by molar-refractivity contribution is -0.141. The van der Waals surface area contributed by atoms with Crippen molar-refractivity contribution in [2.45, 2.75) is 19.4 Å². The predicted molar refractivity (Wildman–Crippen MR) is 79.5 cm³/mol.